The van der Waals surface area contributed by atoms with Gasteiger partial charge in [-0.1, -0.05) is 0 Å². The number of hydrogen-bond acceptors (Lipinski definition) is 8. The Labute approximate surface area is 215 Å². The van der Waals surface area contributed by atoms with Crippen molar-refractivity contribution in [2.45, 2.75) is 39.5 Å². The maximum absolute atomic E-state index is 12.8. The first-order valence-electron chi connectivity index (χ1n) is 10.4. The molecule has 6 nitrogen and oxygen atoms in total. The first-order valence-corrected chi connectivity index (χ1v) is 12.1. The third-order valence-corrected chi connectivity index (χ3v) is 6.63. The van der Waals surface area contributed by atoms with Gasteiger partial charge in [0.25, 0.3) is 0 Å². The minimum absolute atomic E-state index is 0.0418. The lowest BCUT2D eigenvalue weighted by molar-refractivity contribution is -0.139. The number of rotatable bonds is 4. The highest BCUT2D eigenvalue weighted by atomic mass is 32.1. The predicted molar refractivity (Wildman–Crippen MR) is 129 cm³/mol. The topological polar surface area (TPSA) is 94.6 Å². The molecule has 0 bridgehead atoms. The van der Waals surface area contributed by atoms with Crippen molar-refractivity contribution >= 4 is 34.3 Å². The van der Waals surface area contributed by atoms with Crippen molar-refractivity contribution in [3.05, 3.63) is 63.5 Å². The Hall–Kier alpha value is -3.39. The van der Waals surface area contributed by atoms with Gasteiger partial charge in [-0.3, -0.25) is 14.8 Å². The van der Waals surface area contributed by atoms with E-state index < -0.39 is 23.5 Å². The number of Topliss-reactive ketones (excluding diaryl/α,β-unsaturated/α-hetero) is 1. The summed E-state index contributed by atoms with van der Waals surface area (Å²) in [5.41, 5.74) is 4.99. The second-order valence-corrected chi connectivity index (χ2v) is 9.53. The molecular weight excluding hydrogens is 540 g/mol. The molecule has 196 valence electrons. The zero-order valence-corrected chi connectivity index (χ0v) is 21.2. The number of nitrogens with zero attached hydrogens (tertiary/aromatic N) is 4. The molecule has 4 aromatic heterocycles. The Morgan fingerprint density at radius 1 is 0.838 bits per heavy atom. The third-order valence-electron chi connectivity index (χ3n) is 4.78. The average Bonchev–Trinajstić information content (AvgIpc) is 3.42. The highest BCUT2D eigenvalue weighted by Crippen LogP contribution is 2.35. The lowest BCUT2D eigenvalue weighted by Gasteiger charge is -2.10. The first kappa shape index (κ1) is 28.2. The number of carbonyl (C=O) groups is 1. The van der Waals surface area contributed by atoms with Crippen LogP contribution in [0.4, 0.5) is 32.2 Å². The smallest absolute Gasteiger partial charge is 0.383 e. The van der Waals surface area contributed by atoms with Crippen molar-refractivity contribution in [2.24, 2.45) is 0 Å². The van der Waals surface area contributed by atoms with Gasteiger partial charge in [0.05, 0.1) is 16.8 Å². The lowest BCUT2D eigenvalue weighted by Crippen LogP contribution is -2.08. The van der Waals surface area contributed by atoms with E-state index in [1.54, 1.807) is 10.8 Å². The number of alkyl halides is 6. The molecule has 0 saturated heterocycles. The van der Waals surface area contributed by atoms with Gasteiger partial charge in [-0.15, -0.1) is 22.7 Å². The zero-order valence-electron chi connectivity index (χ0n) is 19.5. The van der Waals surface area contributed by atoms with Crippen molar-refractivity contribution in [3.63, 3.8) is 0 Å². The molecule has 0 fully saturated rings. The summed E-state index contributed by atoms with van der Waals surface area (Å²) in [6, 6.07) is 2.08. The summed E-state index contributed by atoms with van der Waals surface area (Å²) in [5, 5.41) is 4.10. The molecule has 14 heteroatoms. The molecule has 2 N–H and O–H groups in total. The maximum Gasteiger partial charge on any atom is 0.418 e. The van der Waals surface area contributed by atoms with E-state index in [1.165, 1.54) is 55.8 Å². The van der Waals surface area contributed by atoms with Crippen molar-refractivity contribution < 1.29 is 31.1 Å². The number of nitrogens with two attached hydrogens (primary N) is 1. The summed E-state index contributed by atoms with van der Waals surface area (Å²) in [6.45, 7) is 4.08. The molecule has 0 saturated carbocycles. The number of nitrogen functional groups attached to an aromatic ring is 1. The van der Waals surface area contributed by atoms with E-state index in [0.29, 0.717) is 32.7 Å². The summed E-state index contributed by atoms with van der Waals surface area (Å²) < 4.78 is 76.5. The van der Waals surface area contributed by atoms with Crippen LogP contribution in [0.15, 0.2) is 35.3 Å². The van der Waals surface area contributed by atoms with Crippen LogP contribution in [0.1, 0.15) is 35.1 Å². The van der Waals surface area contributed by atoms with Gasteiger partial charge in [0.1, 0.15) is 21.6 Å². The van der Waals surface area contributed by atoms with Crippen LogP contribution in [-0.4, -0.2) is 25.7 Å². The number of anilines is 1. The molecular formula is C23H19F6N5OS2. The summed E-state index contributed by atoms with van der Waals surface area (Å²) in [6.07, 6.45) is -5.94. The van der Waals surface area contributed by atoms with E-state index in [0.717, 1.165) is 12.1 Å². The van der Waals surface area contributed by atoms with E-state index in [-0.39, 0.29) is 23.6 Å². The molecule has 4 heterocycles. The summed E-state index contributed by atoms with van der Waals surface area (Å²) in [7, 11) is 0. The molecule has 0 amide bonds. The van der Waals surface area contributed by atoms with E-state index >= 15 is 0 Å². The quantitative estimate of drug-likeness (QED) is 0.277. The Kier molecular flexibility index (Phi) is 8.32. The van der Waals surface area contributed by atoms with Gasteiger partial charge >= 0.3 is 12.4 Å². The van der Waals surface area contributed by atoms with Gasteiger partial charge in [0.2, 0.25) is 0 Å². The lowest BCUT2D eigenvalue weighted by atomic mass is 10.1. The SMILES string of the molecule is CC(=O)Cc1csc(-c2cnc(C)c(C(F)(F)F)c2)n1.Cc1ncc(-c2nc(N)cs2)cc1C(F)(F)F. The third kappa shape index (κ3) is 7.32. The van der Waals surface area contributed by atoms with Crippen LogP contribution < -0.4 is 5.73 Å². The number of aryl methyl sites for hydroxylation is 2. The van der Waals surface area contributed by atoms with Crippen LogP contribution in [0.5, 0.6) is 0 Å². The van der Waals surface area contributed by atoms with Crippen molar-refractivity contribution in [3.8, 4) is 21.1 Å². The van der Waals surface area contributed by atoms with Gasteiger partial charge in [-0.05, 0) is 32.9 Å². The Morgan fingerprint density at radius 3 is 1.70 bits per heavy atom. The van der Waals surface area contributed by atoms with Crippen LogP contribution in [0.2, 0.25) is 0 Å². The van der Waals surface area contributed by atoms with Crippen molar-refractivity contribution in [1.29, 1.82) is 0 Å². The Bertz CT molecular complexity index is 1410. The number of aromatic nitrogens is 4. The molecule has 4 aromatic rings. The average molecular weight is 560 g/mol. The number of ketones is 1. The standard InChI is InChI=1S/C13H11F3N2OS.C10H8F3N3S/c1-7(19)3-10-6-20-12(18-10)9-4-11(13(14,15)16)8(2)17-5-9;1-5-7(10(11,12)13)2-6(3-15-5)9-16-8(14)4-17-9/h4-6H,3H2,1-2H3;2-4H,14H2,1H3. The van der Waals surface area contributed by atoms with Crippen LogP contribution in [0.25, 0.3) is 21.1 Å². The van der Waals surface area contributed by atoms with Gasteiger partial charge in [-0.2, -0.15) is 26.3 Å². The molecule has 0 aliphatic carbocycles. The normalized spacial score (nSPS) is 11.7. The molecule has 0 aliphatic heterocycles. The minimum Gasteiger partial charge on any atom is -0.383 e. The fourth-order valence-electron chi connectivity index (χ4n) is 3.07. The molecule has 0 atom stereocenters. The fraction of sp³-hybridized carbons (Fsp3) is 0.261. The molecule has 0 radical (unpaired) electrons. The van der Waals surface area contributed by atoms with Crippen LogP contribution >= 0.6 is 22.7 Å². The number of thiazole rings is 2. The largest absolute Gasteiger partial charge is 0.418 e. The molecule has 37 heavy (non-hydrogen) atoms. The maximum atomic E-state index is 12.8. The van der Waals surface area contributed by atoms with E-state index in [2.05, 4.69) is 19.9 Å². The number of halogens is 6. The van der Waals surface area contributed by atoms with E-state index in [9.17, 15) is 31.1 Å². The van der Waals surface area contributed by atoms with Gasteiger partial charge in [-0.25, -0.2) is 9.97 Å². The summed E-state index contributed by atoms with van der Waals surface area (Å²) in [5.74, 6) is 0.249. The van der Waals surface area contributed by atoms with Gasteiger partial charge in [0, 0.05) is 52.1 Å². The Morgan fingerprint density at radius 2 is 1.30 bits per heavy atom. The second kappa shape index (κ2) is 10.9. The van der Waals surface area contributed by atoms with Crippen LogP contribution in [0.3, 0.4) is 0 Å². The predicted octanol–water partition coefficient (Wildman–Crippen LogP) is 6.78. The molecule has 0 unspecified atom stereocenters. The van der Waals surface area contributed by atoms with Crippen molar-refractivity contribution in [2.75, 3.05) is 5.73 Å². The molecule has 0 aliphatic rings. The van der Waals surface area contributed by atoms with Crippen molar-refractivity contribution in [1.82, 2.24) is 19.9 Å². The number of carbonyl (C=O) groups excluding carboxylic acids is 1. The highest BCUT2D eigenvalue weighted by molar-refractivity contribution is 7.13. The second-order valence-electron chi connectivity index (χ2n) is 7.81. The van der Waals surface area contributed by atoms with Gasteiger partial charge < -0.3 is 5.73 Å². The molecule has 4 rings (SSSR count). The van der Waals surface area contributed by atoms with E-state index in [4.69, 9.17) is 5.73 Å². The summed E-state index contributed by atoms with van der Waals surface area (Å²) in [4.78, 5) is 26.6. The number of pyridine rings is 2. The zero-order chi connectivity index (χ0) is 27.5. The van der Waals surface area contributed by atoms with E-state index in [1.807, 2.05) is 0 Å². The number of hydrogen-bond donors (Lipinski definition) is 1. The Balaban J connectivity index is 0.000000208. The van der Waals surface area contributed by atoms with Crippen LogP contribution in [-0.2, 0) is 23.6 Å². The highest BCUT2D eigenvalue weighted by Gasteiger charge is 2.34. The van der Waals surface area contributed by atoms with Crippen LogP contribution in [0, 0.1) is 13.8 Å². The minimum atomic E-state index is -4.44. The first-order chi connectivity index (χ1) is 17.1. The molecule has 0 aromatic carbocycles. The molecule has 0 spiro atoms. The van der Waals surface area contributed by atoms with Gasteiger partial charge in [0.15, 0.2) is 0 Å². The fourth-order valence-corrected chi connectivity index (χ4v) is 4.56. The summed E-state index contributed by atoms with van der Waals surface area (Å²) >= 11 is 2.38. The monoisotopic (exact) mass is 559 g/mol.